The normalized spacial score (nSPS) is 16.1. The van der Waals surface area contributed by atoms with E-state index in [1.807, 2.05) is 0 Å². The number of carbonyl (C=O) groups excluding carboxylic acids is 1. The highest BCUT2D eigenvalue weighted by Gasteiger charge is 2.50. The molecule has 1 amide bonds. The molecule has 1 aromatic rings. The minimum atomic E-state index is -0.815. The second-order valence-electron chi connectivity index (χ2n) is 4.49. The van der Waals surface area contributed by atoms with Gasteiger partial charge in [-0.1, -0.05) is 11.6 Å². The number of carboxylic acid groups (broad SMARTS) is 1. The van der Waals surface area contributed by atoms with Crippen LogP contribution < -0.4 is 11.1 Å². The summed E-state index contributed by atoms with van der Waals surface area (Å²) in [6, 6.07) is 4.71. The van der Waals surface area contributed by atoms with Crippen LogP contribution in [0.1, 0.15) is 23.2 Å². The molecule has 18 heavy (non-hydrogen) atoms. The van der Waals surface area contributed by atoms with Crippen molar-refractivity contribution in [1.82, 2.24) is 0 Å². The van der Waals surface area contributed by atoms with Gasteiger partial charge in [0.1, 0.15) is 0 Å². The number of primary amides is 1. The first-order chi connectivity index (χ1) is 8.44. The van der Waals surface area contributed by atoms with Crippen LogP contribution in [-0.4, -0.2) is 23.5 Å². The van der Waals surface area contributed by atoms with Crippen LogP contribution in [-0.2, 0) is 4.79 Å². The number of hydrogen-bond donors (Lipinski definition) is 3. The van der Waals surface area contributed by atoms with Crippen LogP contribution in [0.15, 0.2) is 18.2 Å². The SMILES string of the molecule is NC(=O)c1cc(Cl)ccc1NCC1(C(=O)O)CC1. The molecule has 0 radical (unpaired) electrons. The van der Waals surface area contributed by atoms with Crippen LogP contribution in [0.5, 0.6) is 0 Å². The number of amides is 1. The largest absolute Gasteiger partial charge is 0.481 e. The second-order valence-corrected chi connectivity index (χ2v) is 4.93. The van der Waals surface area contributed by atoms with E-state index in [4.69, 9.17) is 22.4 Å². The topological polar surface area (TPSA) is 92.4 Å². The van der Waals surface area contributed by atoms with Gasteiger partial charge >= 0.3 is 5.97 Å². The summed E-state index contributed by atoms with van der Waals surface area (Å²) in [6.45, 7) is 0.282. The Morgan fingerprint density at radius 1 is 1.44 bits per heavy atom. The number of carboxylic acids is 1. The van der Waals surface area contributed by atoms with E-state index in [-0.39, 0.29) is 12.1 Å². The van der Waals surface area contributed by atoms with Gasteiger partial charge in [-0.25, -0.2) is 0 Å². The number of nitrogens with two attached hydrogens (primary N) is 1. The molecule has 1 aliphatic carbocycles. The lowest BCUT2D eigenvalue weighted by molar-refractivity contribution is -0.142. The van der Waals surface area contributed by atoms with Crippen molar-refractivity contribution in [1.29, 1.82) is 0 Å². The highest BCUT2D eigenvalue weighted by atomic mass is 35.5. The van der Waals surface area contributed by atoms with Gasteiger partial charge < -0.3 is 16.2 Å². The fourth-order valence-electron chi connectivity index (χ4n) is 1.76. The van der Waals surface area contributed by atoms with Crippen molar-refractivity contribution in [3.8, 4) is 0 Å². The number of rotatable bonds is 5. The van der Waals surface area contributed by atoms with Crippen molar-refractivity contribution >= 4 is 29.2 Å². The molecule has 6 heteroatoms. The van der Waals surface area contributed by atoms with E-state index in [1.165, 1.54) is 6.07 Å². The van der Waals surface area contributed by atoms with E-state index >= 15 is 0 Å². The summed E-state index contributed by atoms with van der Waals surface area (Å²) >= 11 is 5.78. The third-order valence-electron chi connectivity index (χ3n) is 3.17. The fourth-order valence-corrected chi connectivity index (χ4v) is 1.93. The molecular weight excluding hydrogens is 256 g/mol. The van der Waals surface area contributed by atoms with Gasteiger partial charge in [0.25, 0.3) is 5.91 Å². The molecule has 0 heterocycles. The zero-order valence-corrected chi connectivity index (χ0v) is 10.3. The Hall–Kier alpha value is -1.75. The monoisotopic (exact) mass is 268 g/mol. The summed E-state index contributed by atoms with van der Waals surface area (Å²) in [7, 11) is 0. The predicted octanol–water partition coefficient (Wildman–Crippen LogP) is 1.72. The van der Waals surface area contributed by atoms with Gasteiger partial charge in [0.15, 0.2) is 0 Å². The molecule has 0 aliphatic heterocycles. The van der Waals surface area contributed by atoms with E-state index in [0.29, 0.717) is 23.6 Å². The number of carbonyl (C=O) groups is 2. The molecule has 0 saturated heterocycles. The summed E-state index contributed by atoms with van der Waals surface area (Å²) in [4.78, 5) is 22.3. The second kappa shape index (κ2) is 4.49. The molecular formula is C12H13ClN2O3. The Bertz CT molecular complexity index is 512. The predicted molar refractivity (Wildman–Crippen MR) is 67.8 cm³/mol. The Morgan fingerprint density at radius 2 is 2.11 bits per heavy atom. The molecule has 1 saturated carbocycles. The molecule has 0 unspecified atom stereocenters. The van der Waals surface area contributed by atoms with Gasteiger partial charge in [-0.05, 0) is 31.0 Å². The number of hydrogen-bond acceptors (Lipinski definition) is 3. The van der Waals surface area contributed by atoms with Gasteiger partial charge in [0.2, 0.25) is 0 Å². The van der Waals surface area contributed by atoms with Crippen molar-refractivity contribution in [3.63, 3.8) is 0 Å². The number of aliphatic carboxylic acids is 1. The highest BCUT2D eigenvalue weighted by Crippen LogP contribution is 2.45. The van der Waals surface area contributed by atoms with Crippen molar-refractivity contribution in [2.75, 3.05) is 11.9 Å². The fraction of sp³-hybridized carbons (Fsp3) is 0.333. The summed E-state index contributed by atoms with van der Waals surface area (Å²) < 4.78 is 0. The van der Waals surface area contributed by atoms with E-state index in [1.54, 1.807) is 12.1 Å². The minimum absolute atomic E-state index is 0.267. The molecule has 4 N–H and O–H groups in total. The molecule has 2 rings (SSSR count). The molecule has 5 nitrogen and oxygen atoms in total. The van der Waals surface area contributed by atoms with Crippen LogP contribution in [0.4, 0.5) is 5.69 Å². The van der Waals surface area contributed by atoms with Crippen LogP contribution in [0.25, 0.3) is 0 Å². The molecule has 96 valence electrons. The molecule has 0 bridgehead atoms. The standard InChI is InChI=1S/C12H13ClN2O3/c13-7-1-2-9(8(5-7)10(14)16)15-6-12(3-4-12)11(17)18/h1-2,5,15H,3-4,6H2,(H2,14,16)(H,17,18). The zero-order valence-electron chi connectivity index (χ0n) is 9.57. The van der Waals surface area contributed by atoms with E-state index < -0.39 is 17.3 Å². The zero-order chi connectivity index (χ0) is 13.3. The van der Waals surface area contributed by atoms with Gasteiger partial charge in [-0.15, -0.1) is 0 Å². The maximum absolute atomic E-state index is 11.3. The third-order valence-corrected chi connectivity index (χ3v) is 3.41. The average molecular weight is 269 g/mol. The summed E-state index contributed by atoms with van der Waals surface area (Å²) in [5.41, 5.74) is 5.33. The molecule has 0 atom stereocenters. The molecule has 1 aliphatic rings. The Labute approximate surface area is 109 Å². The Morgan fingerprint density at radius 3 is 2.61 bits per heavy atom. The van der Waals surface area contributed by atoms with Crippen molar-refractivity contribution in [2.45, 2.75) is 12.8 Å². The van der Waals surface area contributed by atoms with Crippen LogP contribution in [0.3, 0.4) is 0 Å². The molecule has 1 fully saturated rings. The lowest BCUT2D eigenvalue weighted by Gasteiger charge is -2.14. The minimum Gasteiger partial charge on any atom is -0.481 e. The lowest BCUT2D eigenvalue weighted by atomic mass is 10.1. The van der Waals surface area contributed by atoms with E-state index in [0.717, 1.165) is 0 Å². The van der Waals surface area contributed by atoms with E-state index in [9.17, 15) is 9.59 Å². The van der Waals surface area contributed by atoms with E-state index in [2.05, 4.69) is 5.32 Å². The maximum atomic E-state index is 11.3. The summed E-state index contributed by atoms with van der Waals surface area (Å²) in [5.74, 6) is -1.41. The summed E-state index contributed by atoms with van der Waals surface area (Å²) in [5, 5.41) is 12.4. The molecule has 1 aromatic carbocycles. The van der Waals surface area contributed by atoms with Crippen molar-refractivity contribution in [3.05, 3.63) is 28.8 Å². The average Bonchev–Trinajstić information content (AvgIpc) is 3.08. The van der Waals surface area contributed by atoms with Gasteiger partial charge in [-0.2, -0.15) is 0 Å². The van der Waals surface area contributed by atoms with Crippen molar-refractivity contribution in [2.24, 2.45) is 11.1 Å². The van der Waals surface area contributed by atoms with Gasteiger partial charge in [-0.3, -0.25) is 9.59 Å². The Kier molecular flexibility index (Phi) is 3.17. The summed E-state index contributed by atoms with van der Waals surface area (Å²) in [6.07, 6.45) is 1.30. The van der Waals surface area contributed by atoms with Crippen LogP contribution in [0.2, 0.25) is 5.02 Å². The van der Waals surface area contributed by atoms with Crippen LogP contribution in [0, 0.1) is 5.41 Å². The molecule has 0 aromatic heterocycles. The number of nitrogens with one attached hydrogen (secondary N) is 1. The van der Waals surface area contributed by atoms with Crippen molar-refractivity contribution < 1.29 is 14.7 Å². The lowest BCUT2D eigenvalue weighted by Crippen LogP contribution is -2.25. The first-order valence-electron chi connectivity index (χ1n) is 5.51. The highest BCUT2D eigenvalue weighted by molar-refractivity contribution is 6.31. The number of anilines is 1. The van der Waals surface area contributed by atoms with Gasteiger partial charge in [0, 0.05) is 17.3 Å². The molecule has 0 spiro atoms. The first kappa shape index (κ1) is 12.7. The van der Waals surface area contributed by atoms with Crippen LogP contribution >= 0.6 is 11.6 Å². The smallest absolute Gasteiger partial charge is 0.311 e. The first-order valence-corrected chi connectivity index (χ1v) is 5.89. The maximum Gasteiger partial charge on any atom is 0.311 e. The number of benzene rings is 1. The number of halogens is 1. The third kappa shape index (κ3) is 2.41. The van der Waals surface area contributed by atoms with Gasteiger partial charge in [0.05, 0.1) is 11.0 Å². The Balaban J connectivity index is 2.15. The quantitative estimate of drug-likeness (QED) is 0.758.